The van der Waals surface area contributed by atoms with E-state index in [1.807, 2.05) is 42.5 Å². The summed E-state index contributed by atoms with van der Waals surface area (Å²) in [5.74, 6) is 2.27. The summed E-state index contributed by atoms with van der Waals surface area (Å²) < 4.78 is 11.3. The highest BCUT2D eigenvalue weighted by Crippen LogP contribution is 2.31. The van der Waals surface area contributed by atoms with Gasteiger partial charge in [-0.1, -0.05) is 52.0 Å². The lowest BCUT2D eigenvalue weighted by molar-refractivity contribution is 0.391. The van der Waals surface area contributed by atoms with Crippen LogP contribution in [0.1, 0.15) is 5.89 Å². The minimum Gasteiger partial charge on any atom is -0.497 e. The van der Waals surface area contributed by atoms with Gasteiger partial charge >= 0.3 is 0 Å². The quantitative estimate of drug-likeness (QED) is 0.395. The van der Waals surface area contributed by atoms with E-state index in [2.05, 4.69) is 25.7 Å². The van der Waals surface area contributed by atoms with Crippen molar-refractivity contribution in [3.05, 3.63) is 59.4 Å². The zero-order valence-electron chi connectivity index (χ0n) is 14.6. The van der Waals surface area contributed by atoms with E-state index in [0.717, 1.165) is 21.3 Å². The molecule has 10 heteroatoms. The summed E-state index contributed by atoms with van der Waals surface area (Å²) in [6.45, 7) is 0. The van der Waals surface area contributed by atoms with Gasteiger partial charge in [-0.15, -0.1) is 10.2 Å². The van der Waals surface area contributed by atoms with Gasteiger partial charge in [0.05, 0.1) is 17.9 Å². The first-order valence-electron chi connectivity index (χ1n) is 8.16. The second kappa shape index (κ2) is 8.59. The minimum atomic E-state index is 0.473. The van der Waals surface area contributed by atoms with Crippen LogP contribution < -0.4 is 10.1 Å². The standard InChI is InChI=1S/C18H14ClN5O2S2/c1-25-12-8-6-11(7-9-12)20-17-22-23-18(28-17)27-10-15-21-16(24-26-15)13-4-2-3-5-14(13)19/h2-9H,10H2,1H3,(H,20,22). The maximum atomic E-state index is 6.17. The molecule has 0 atom stereocenters. The Kier molecular flexibility index (Phi) is 5.75. The van der Waals surface area contributed by atoms with Crippen molar-refractivity contribution in [2.75, 3.05) is 12.4 Å². The zero-order valence-corrected chi connectivity index (χ0v) is 17.0. The molecule has 0 aliphatic carbocycles. The van der Waals surface area contributed by atoms with Crippen LogP contribution in [-0.4, -0.2) is 27.4 Å². The topological polar surface area (TPSA) is 86.0 Å². The van der Waals surface area contributed by atoms with Crippen LogP contribution in [0.2, 0.25) is 5.02 Å². The third-order valence-electron chi connectivity index (χ3n) is 3.65. The number of benzene rings is 2. The Bertz CT molecular complexity index is 1070. The molecule has 1 N–H and O–H groups in total. The van der Waals surface area contributed by atoms with Crippen LogP contribution in [0.25, 0.3) is 11.4 Å². The molecule has 0 aliphatic heterocycles. The van der Waals surface area contributed by atoms with Gasteiger partial charge in [-0.25, -0.2) is 0 Å². The van der Waals surface area contributed by atoms with Crippen molar-refractivity contribution in [2.24, 2.45) is 0 Å². The number of hydrogen-bond donors (Lipinski definition) is 1. The Balaban J connectivity index is 1.36. The Labute approximate surface area is 174 Å². The molecular formula is C18H14ClN5O2S2. The molecule has 2 aromatic carbocycles. The second-order valence-corrected chi connectivity index (χ2v) is 8.11. The number of halogens is 1. The molecule has 142 valence electrons. The van der Waals surface area contributed by atoms with Gasteiger partial charge < -0.3 is 14.6 Å². The zero-order chi connectivity index (χ0) is 19.3. The fourth-order valence-electron chi connectivity index (χ4n) is 2.31. The van der Waals surface area contributed by atoms with Crippen LogP contribution in [0.15, 0.2) is 57.4 Å². The molecule has 0 unspecified atom stereocenters. The molecule has 4 rings (SSSR count). The van der Waals surface area contributed by atoms with E-state index in [9.17, 15) is 0 Å². The number of anilines is 2. The summed E-state index contributed by atoms with van der Waals surface area (Å²) >= 11 is 9.10. The Morgan fingerprint density at radius 1 is 1.14 bits per heavy atom. The molecule has 0 fully saturated rings. The lowest BCUT2D eigenvalue weighted by atomic mass is 10.2. The highest BCUT2D eigenvalue weighted by atomic mass is 35.5. The van der Waals surface area contributed by atoms with Gasteiger partial charge in [-0.05, 0) is 36.4 Å². The molecule has 0 amide bonds. The number of hydrogen-bond acceptors (Lipinski definition) is 9. The maximum absolute atomic E-state index is 6.17. The molecule has 7 nitrogen and oxygen atoms in total. The minimum absolute atomic E-state index is 0.473. The van der Waals surface area contributed by atoms with E-state index in [0.29, 0.717) is 27.6 Å². The largest absolute Gasteiger partial charge is 0.497 e. The molecule has 2 heterocycles. The third kappa shape index (κ3) is 4.44. The molecule has 0 spiro atoms. The van der Waals surface area contributed by atoms with Gasteiger partial charge in [0.2, 0.25) is 16.8 Å². The normalized spacial score (nSPS) is 10.8. The predicted molar refractivity (Wildman–Crippen MR) is 110 cm³/mol. The van der Waals surface area contributed by atoms with E-state index in [-0.39, 0.29) is 0 Å². The molecule has 0 aliphatic rings. The van der Waals surface area contributed by atoms with Gasteiger partial charge in [0.15, 0.2) is 4.34 Å². The van der Waals surface area contributed by atoms with Crippen molar-refractivity contribution in [2.45, 2.75) is 10.1 Å². The summed E-state index contributed by atoms with van der Waals surface area (Å²) in [5.41, 5.74) is 1.65. The molecule has 2 aromatic heterocycles. The van der Waals surface area contributed by atoms with Crippen LogP contribution in [-0.2, 0) is 5.75 Å². The number of thioether (sulfide) groups is 1. The summed E-state index contributed by atoms with van der Waals surface area (Å²) in [6.07, 6.45) is 0. The monoisotopic (exact) mass is 431 g/mol. The first kappa shape index (κ1) is 18.7. The van der Waals surface area contributed by atoms with Crippen LogP contribution >= 0.6 is 34.7 Å². The number of methoxy groups -OCH3 is 1. The molecule has 28 heavy (non-hydrogen) atoms. The molecule has 0 bridgehead atoms. The van der Waals surface area contributed by atoms with Crippen LogP contribution in [0.5, 0.6) is 5.75 Å². The van der Waals surface area contributed by atoms with Gasteiger partial charge in [0, 0.05) is 11.3 Å². The number of ether oxygens (including phenoxy) is 1. The highest BCUT2D eigenvalue weighted by Gasteiger charge is 2.13. The SMILES string of the molecule is COc1ccc(Nc2nnc(SCc3nc(-c4ccccc4Cl)no3)s2)cc1. The van der Waals surface area contributed by atoms with E-state index < -0.39 is 0 Å². The van der Waals surface area contributed by atoms with Crippen molar-refractivity contribution >= 4 is 45.5 Å². The van der Waals surface area contributed by atoms with Crippen molar-refractivity contribution < 1.29 is 9.26 Å². The van der Waals surface area contributed by atoms with Crippen LogP contribution in [0, 0.1) is 0 Å². The van der Waals surface area contributed by atoms with Gasteiger partial charge in [0.25, 0.3) is 0 Å². The van der Waals surface area contributed by atoms with Gasteiger partial charge in [0.1, 0.15) is 5.75 Å². The van der Waals surface area contributed by atoms with E-state index in [1.54, 1.807) is 13.2 Å². The maximum Gasteiger partial charge on any atom is 0.237 e. The number of rotatable bonds is 7. The van der Waals surface area contributed by atoms with Gasteiger partial charge in [-0.2, -0.15) is 4.98 Å². The Morgan fingerprint density at radius 2 is 1.96 bits per heavy atom. The average Bonchev–Trinajstić information content (AvgIpc) is 3.37. The van der Waals surface area contributed by atoms with Crippen LogP contribution in [0.3, 0.4) is 0 Å². The lowest BCUT2D eigenvalue weighted by Gasteiger charge is -2.03. The van der Waals surface area contributed by atoms with Crippen molar-refractivity contribution in [1.29, 1.82) is 0 Å². The predicted octanol–water partition coefficient (Wildman–Crippen LogP) is 5.29. The summed E-state index contributed by atoms with van der Waals surface area (Å²) in [6, 6.07) is 15.0. The Hall–Kier alpha value is -2.62. The average molecular weight is 432 g/mol. The number of nitrogens with one attached hydrogen (secondary N) is 1. The Morgan fingerprint density at radius 3 is 2.75 bits per heavy atom. The smallest absolute Gasteiger partial charge is 0.237 e. The highest BCUT2D eigenvalue weighted by molar-refractivity contribution is 8.00. The molecule has 0 saturated carbocycles. The van der Waals surface area contributed by atoms with Crippen molar-refractivity contribution in [3.63, 3.8) is 0 Å². The second-order valence-electron chi connectivity index (χ2n) is 5.51. The van der Waals surface area contributed by atoms with Crippen molar-refractivity contribution in [3.8, 4) is 17.1 Å². The van der Waals surface area contributed by atoms with E-state index in [1.165, 1.54) is 23.1 Å². The fourth-order valence-corrected chi connectivity index (χ4v) is 4.14. The first-order chi connectivity index (χ1) is 13.7. The summed E-state index contributed by atoms with van der Waals surface area (Å²) in [4.78, 5) is 4.39. The van der Waals surface area contributed by atoms with E-state index >= 15 is 0 Å². The lowest BCUT2D eigenvalue weighted by Crippen LogP contribution is -1.89. The molecule has 0 radical (unpaired) electrons. The summed E-state index contributed by atoms with van der Waals surface area (Å²) in [7, 11) is 1.64. The molecule has 4 aromatic rings. The van der Waals surface area contributed by atoms with Crippen LogP contribution in [0.4, 0.5) is 10.8 Å². The molecular weight excluding hydrogens is 418 g/mol. The fraction of sp³-hybridized carbons (Fsp3) is 0.111. The number of nitrogens with zero attached hydrogens (tertiary/aromatic N) is 4. The van der Waals surface area contributed by atoms with E-state index in [4.69, 9.17) is 20.9 Å². The third-order valence-corrected chi connectivity index (χ3v) is 5.94. The molecule has 0 saturated heterocycles. The number of aromatic nitrogens is 4. The van der Waals surface area contributed by atoms with Gasteiger partial charge in [-0.3, -0.25) is 0 Å². The summed E-state index contributed by atoms with van der Waals surface area (Å²) in [5, 5.41) is 16.8. The van der Waals surface area contributed by atoms with Crippen molar-refractivity contribution in [1.82, 2.24) is 20.3 Å². The first-order valence-corrected chi connectivity index (χ1v) is 10.3.